The number of nitrogens with two attached hydrogens (primary N) is 2. The van der Waals surface area contributed by atoms with E-state index in [0.29, 0.717) is 0 Å². The Morgan fingerprint density at radius 3 is 2.62 bits per heavy atom. The molecule has 0 saturated heterocycles. The molecule has 1 unspecified atom stereocenters. The van der Waals surface area contributed by atoms with Gasteiger partial charge in [0.05, 0.1) is 0 Å². The van der Waals surface area contributed by atoms with E-state index in [1.165, 1.54) is 0 Å². The Bertz CT molecular complexity index is 68.9. The predicted molar refractivity (Wildman–Crippen MR) is 35.9 cm³/mol. The minimum atomic E-state index is 0.102. The maximum atomic E-state index is 5.50. The molecule has 2 heteroatoms. The molecule has 0 amide bonds. The monoisotopic (exact) mass is 113 g/mol. The molecule has 0 spiro atoms. The van der Waals surface area contributed by atoms with Gasteiger partial charge in [0.25, 0.3) is 0 Å². The fourth-order valence-electron chi connectivity index (χ4n) is 0.483. The topological polar surface area (TPSA) is 52.0 Å². The zero-order valence-corrected chi connectivity index (χ0v) is 5.17. The molecule has 1 atom stereocenters. The van der Waals surface area contributed by atoms with E-state index in [9.17, 15) is 0 Å². The van der Waals surface area contributed by atoms with Gasteiger partial charge in [-0.15, -0.1) is 0 Å². The number of rotatable bonds is 3. The molecular formula is C6H13N2. The van der Waals surface area contributed by atoms with Crippen molar-refractivity contribution in [1.29, 1.82) is 0 Å². The molecule has 0 aliphatic heterocycles. The summed E-state index contributed by atoms with van der Waals surface area (Å²) >= 11 is 0. The molecule has 1 radical (unpaired) electrons. The summed E-state index contributed by atoms with van der Waals surface area (Å²) < 4.78 is 0. The first-order chi connectivity index (χ1) is 3.81. The lowest BCUT2D eigenvalue weighted by molar-refractivity contribution is 0.787. The van der Waals surface area contributed by atoms with Crippen LogP contribution in [0, 0.1) is 6.54 Å². The van der Waals surface area contributed by atoms with Gasteiger partial charge in [-0.05, 0) is 13.3 Å². The molecule has 0 aliphatic rings. The lowest BCUT2D eigenvalue weighted by Crippen LogP contribution is -2.18. The standard InChI is InChI=1S/C6H13N2/c1-2-3-6(8)4-5-7/h2-3,5-6H,4,7-8H2,1H3. The van der Waals surface area contributed by atoms with Crippen molar-refractivity contribution in [2.24, 2.45) is 11.5 Å². The molecular weight excluding hydrogens is 100 g/mol. The summed E-state index contributed by atoms with van der Waals surface area (Å²) in [5.74, 6) is 0. The van der Waals surface area contributed by atoms with Crippen LogP contribution in [0.2, 0.25) is 0 Å². The summed E-state index contributed by atoms with van der Waals surface area (Å²) in [6, 6.07) is 0.102. The van der Waals surface area contributed by atoms with Crippen LogP contribution in [0.3, 0.4) is 0 Å². The first-order valence-electron chi connectivity index (χ1n) is 2.73. The second-order valence-electron chi connectivity index (χ2n) is 1.66. The van der Waals surface area contributed by atoms with Crippen LogP contribution in [0.5, 0.6) is 0 Å². The molecule has 0 heterocycles. The van der Waals surface area contributed by atoms with Gasteiger partial charge >= 0.3 is 0 Å². The van der Waals surface area contributed by atoms with Crippen LogP contribution in [-0.4, -0.2) is 6.04 Å². The van der Waals surface area contributed by atoms with Crippen LogP contribution in [0.4, 0.5) is 0 Å². The molecule has 0 aliphatic carbocycles. The number of allylic oxidation sites excluding steroid dienone is 1. The Morgan fingerprint density at radius 2 is 2.25 bits per heavy atom. The molecule has 0 aromatic carbocycles. The van der Waals surface area contributed by atoms with E-state index >= 15 is 0 Å². The van der Waals surface area contributed by atoms with Gasteiger partial charge in [-0.25, -0.2) is 0 Å². The molecule has 0 saturated carbocycles. The van der Waals surface area contributed by atoms with Crippen LogP contribution < -0.4 is 11.5 Å². The first kappa shape index (κ1) is 7.66. The van der Waals surface area contributed by atoms with Crippen molar-refractivity contribution in [2.75, 3.05) is 0 Å². The summed E-state index contributed by atoms with van der Waals surface area (Å²) in [5, 5.41) is 0. The second kappa shape index (κ2) is 4.81. The lowest BCUT2D eigenvalue weighted by atomic mass is 10.2. The Hall–Kier alpha value is -0.340. The quantitative estimate of drug-likeness (QED) is 0.520. The Balaban J connectivity index is 3.17. The van der Waals surface area contributed by atoms with Gasteiger partial charge < -0.3 is 11.5 Å². The molecule has 8 heavy (non-hydrogen) atoms. The van der Waals surface area contributed by atoms with E-state index in [0.717, 1.165) is 6.42 Å². The molecule has 0 fully saturated rings. The molecule has 0 aromatic rings. The first-order valence-corrected chi connectivity index (χ1v) is 2.73. The molecule has 47 valence electrons. The average molecular weight is 113 g/mol. The summed E-state index contributed by atoms with van der Waals surface area (Å²) in [4.78, 5) is 0. The van der Waals surface area contributed by atoms with Crippen molar-refractivity contribution >= 4 is 0 Å². The predicted octanol–water partition coefficient (Wildman–Crippen LogP) is 0.400. The van der Waals surface area contributed by atoms with Gasteiger partial charge in [0.2, 0.25) is 0 Å². The highest BCUT2D eigenvalue weighted by Crippen LogP contribution is 1.88. The van der Waals surface area contributed by atoms with E-state index in [4.69, 9.17) is 11.5 Å². The van der Waals surface area contributed by atoms with E-state index in [2.05, 4.69) is 0 Å². The number of hydrogen-bond donors (Lipinski definition) is 2. The lowest BCUT2D eigenvalue weighted by Gasteiger charge is -2.00. The zero-order chi connectivity index (χ0) is 6.41. The Morgan fingerprint density at radius 1 is 1.62 bits per heavy atom. The van der Waals surface area contributed by atoms with Crippen molar-refractivity contribution in [3.8, 4) is 0 Å². The highest BCUT2D eigenvalue weighted by molar-refractivity contribution is 4.90. The van der Waals surface area contributed by atoms with Crippen molar-refractivity contribution in [3.05, 3.63) is 18.7 Å². The largest absolute Gasteiger partial charge is 0.326 e. The van der Waals surface area contributed by atoms with Crippen LogP contribution in [0.15, 0.2) is 12.2 Å². The van der Waals surface area contributed by atoms with Crippen LogP contribution in [0.1, 0.15) is 13.3 Å². The maximum Gasteiger partial charge on any atom is 0.0239 e. The normalized spacial score (nSPS) is 14.9. The zero-order valence-electron chi connectivity index (χ0n) is 5.17. The minimum Gasteiger partial charge on any atom is -0.326 e. The Kier molecular flexibility index (Phi) is 4.61. The summed E-state index contributed by atoms with van der Waals surface area (Å²) in [6.07, 6.45) is 4.60. The average Bonchev–Trinajstić information content (AvgIpc) is 1.68. The van der Waals surface area contributed by atoms with Gasteiger partial charge in [0.1, 0.15) is 0 Å². The van der Waals surface area contributed by atoms with Gasteiger partial charge in [-0.2, -0.15) is 0 Å². The van der Waals surface area contributed by atoms with Crippen molar-refractivity contribution < 1.29 is 0 Å². The Labute approximate surface area is 50.6 Å². The van der Waals surface area contributed by atoms with Crippen LogP contribution in [0.25, 0.3) is 0 Å². The van der Waals surface area contributed by atoms with E-state index in [1.807, 2.05) is 19.1 Å². The van der Waals surface area contributed by atoms with Gasteiger partial charge in [-0.3, -0.25) is 0 Å². The third kappa shape index (κ3) is 3.84. The smallest absolute Gasteiger partial charge is 0.0239 e. The molecule has 0 bridgehead atoms. The van der Waals surface area contributed by atoms with Gasteiger partial charge in [0, 0.05) is 12.6 Å². The maximum absolute atomic E-state index is 5.50. The molecule has 0 rings (SSSR count). The van der Waals surface area contributed by atoms with Crippen LogP contribution >= 0.6 is 0 Å². The molecule has 0 aromatic heterocycles. The summed E-state index contributed by atoms with van der Waals surface area (Å²) in [5.41, 5.74) is 10.6. The van der Waals surface area contributed by atoms with Gasteiger partial charge in [0.15, 0.2) is 0 Å². The number of hydrogen-bond acceptors (Lipinski definition) is 2. The van der Waals surface area contributed by atoms with Crippen LogP contribution in [-0.2, 0) is 0 Å². The van der Waals surface area contributed by atoms with Gasteiger partial charge in [-0.1, -0.05) is 12.2 Å². The SMILES string of the molecule is CC=CC(N)C[CH]N. The fraction of sp³-hybridized carbons (Fsp3) is 0.500. The molecule has 4 N–H and O–H groups in total. The van der Waals surface area contributed by atoms with E-state index in [1.54, 1.807) is 6.54 Å². The second-order valence-corrected chi connectivity index (χ2v) is 1.66. The van der Waals surface area contributed by atoms with Crippen molar-refractivity contribution in [3.63, 3.8) is 0 Å². The summed E-state index contributed by atoms with van der Waals surface area (Å²) in [7, 11) is 0. The fourth-order valence-corrected chi connectivity index (χ4v) is 0.483. The highest BCUT2D eigenvalue weighted by atomic mass is 14.6. The summed E-state index contributed by atoms with van der Waals surface area (Å²) in [6.45, 7) is 3.51. The third-order valence-electron chi connectivity index (χ3n) is 0.848. The van der Waals surface area contributed by atoms with Crippen molar-refractivity contribution in [1.82, 2.24) is 0 Å². The highest BCUT2D eigenvalue weighted by Gasteiger charge is 1.91. The minimum absolute atomic E-state index is 0.102. The van der Waals surface area contributed by atoms with E-state index < -0.39 is 0 Å². The van der Waals surface area contributed by atoms with Crippen molar-refractivity contribution in [2.45, 2.75) is 19.4 Å². The third-order valence-corrected chi connectivity index (χ3v) is 0.848. The molecule has 2 nitrogen and oxygen atoms in total. The van der Waals surface area contributed by atoms with E-state index in [-0.39, 0.29) is 6.04 Å².